The lowest BCUT2D eigenvalue weighted by molar-refractivity contribution is 0.556. The minimum Gasteiger partial charge on any atom is -0.465 e. The molecule has 0 aliphatic rings. The van der Waals surface area contributed by atoms with Gasteiger partial charge in [0.1, 0.15) is 10.3 Å². The molecule has 0 aliphatic heterocycles. The Morgan fingerprint density at radius 2 is 1.95 bits per heavy atom. The molecule has 0 aliphatic carbocycles. The van der Waals surface area contributed by atoms with E-state index in [0.717, 1.165) is 5.56 Å². The van der Waals surface area contributed by atoms with Gasteiger partial charge >= 0.3 is 0 Å². The van der Waals surface area contributed by atoms with E-state index >= 15 is 0 Å². The molecular weight excluding hydrogens is 286 g/mol. The van der Waals surface area contributed by atoms with E-state index in [4.69, 9.17) is 4.42 Å². The van der Waals surface area contributed by atoms with Crippen LogP contribution in [0.1, 0.15) is 5.76 Å². The van der Waals surface area contributed by atoms with Crippen molar-refractivity contribution in [3.05, 3.63) is 69.4 Å². The van der Waals surface area contributed by atoms with E-state index in [-0.39, 0.29) is 5.56 Å². The molecule has 0 atom stereocenters. The Morgan fingerprint density at radius 1 is 1.10 bits per heavy atom. The lowest BCUT2D eigenvalue weighted by atomic mass is 10.2. The Hall–Kier alpha value is -2.73. The van der Waals surface area contributed by atoms with Crippen molar-refractivity contribution in [3.8, 4) is 11.4 Å². The van der Waals surface area contributed by atoms with Crippen molar-refractivity contribution in [1.82, 2.24) is 14.6 Å². The zero-order valence-electron chi connectivity index (χ0n) is 10.8. The zero-order valence-corrected chi connectivity index (χ0v) is 11.6. The second-order valence-electron chi connectivity index (χ2n) is 4.44. The van der Waals surface area contributed by atoms with Crippen LogP contribution in [0, 0.1) is 0 Å². The summed E-state index contributed by atoms with van der Waals surface area (Å²) in [5, 5.41) is 8.20. The van der Waals surface area contributed by atoms with E-state index < -0.39 is 0 Å². The maximum Gasteiger partial charge on any atom is 0.276 e. The van der Waals surface area contributed by atoms with E-state index in [9.17, 15) is 4.79 Å². The number of rotatable bonds is 2. The smallest absolute Gasteiger partial charge is 0.276 e. The second kappa shape index (κ2) is 4.68. The quantitative estimate of drug-likeness (QED) is 0.567. The Kier molecular flexibility index (Phi) is 2.68. The molecule has 21 heavy (non-hydrogen) atoms. The molecule has 0 N–H and O–H groups in total. The number of aromatic nitrogens is 3. The first-order valence-corrected chi connectivity index (χ1v) is 7.13. The molecule has 0 amide bonds. The van der Waals surface area contributed by atoms with Crippen molar-refractivity contribution in [2.45, 2.75) is 0 Å². The van der Waals surface area contributed by atoms with Gasteiger partial charge in [-0.1, -0.05) is 41.7 Å². The molecule has 102 valence electrons. The topological polar surface area (TPSA) is 60.4 Å². The SMILES string of the molecule is O=c1/c(=C\c2ccco2)sc2nnc(-c3ccccc3)n12. The van der Waals surface area contributed by atoms with Crippen molar-refractivity contribution in [3.63, 3.8) is 0 Å². The van der Waals surface area contributed by atoms with Crippen LogP contribution in [-0.4, -0.2) is 14.6 Å². The minimum absolute atomic E-state index is 0.129. The highest BCUT2D eigenvalue weighted by atomic mass is 32.1. The molecule has 0 radical (unpaired) electrons. The summed E-state index contributed by atoms with van der Waals surface area (Å²) in [5.41, 5.74) is 0.736. The highest BCUT2D eigenvalue weighted by molar-refractivity contribution is 7.15. The maximum atomic E-state index is 12.5. The number of benzene rings is 1. The largest absolute Gasteiger partial charge is 0.465 e. The first-order valence-electron chi connectivity index (χ1n) is 6.31. The molecule has 0 unspecified atom stereocenters. The first kappa shape index (κ1) is 12.0. The summed E-state index contributed by atoms with van der Waals surface area (Å²) in [6.45, 7) is 0. The van der Waals surface area contributed by atoms with Crippen molar-refractivity contribution >= 4 is 22.4 Å². The van der Waals surface area contributed by atoms with Crippen molar-refractivity contribution in [1.29, 1.82) is 0 Å². The van der Waals surface area contributed by atoms with Gasteiger partial charge in [-0.25, -0.2) is 4.40 Å². The standard InChI is InChI=1S/C15H9N3O2S/c19-14-12(9-11-7-4-8-20-11)21-15-17-16-13(18(14)15)10-5-2-1-3-6-10/h1-9H/b12-9+. The Labute approximate surface area is 122 Å². The summed E-state index contributed by atoms with van der Waals surface area (Å²) in [5.74, 6) is 1.21. The number of furan rings is 1. The van der Waals surface area contributed by atoms with E-state index in [2.05, 4.69) is 10.2 Å². The number of fused-ring (bicyclic) bond motifs is 1. The molecule has 3 heterocycles. The van der Waals surface area contributed by atoms with E-state index in [1.807, 2.05) is 30.3 Å². The summed E-state index contributed by atoms with van der Waals surface area (Å²) >= 11 is 1.30. The van der Waals surface area contributed by atoms with Gasteiger partial charge in [-0.15, -0.1) is 10.2 Å². The fourth-order valence-corrected chi connectivity index (χ4v) is 3.03. The number of hydrogen-bond acceptors (Lipinski definition) is 5. The fraction of sp³-hybridized carbons (Fsp3) is 0. The van der Waals surface area contributed by atoms with E-state index in [1.165, 1.54) is 15.7 Å². The average Bonchev–Trinajstić information content (AvgIpc) is 3.21. The normalized spacial score (nSPS) is 12.3. The van der Waals surface area contributed by atoms with Crippen molar-refractivity contribution in [2.24, 2.45) is 0 Å². The van der Waals surface area contributed by atoms with Crippen LogP contribution in [0.2, 0.25) is 0 Å². The monoisotopic (exact) mass is 295 g/mol. The number of hydrogen-bond donors (Lipinski definition) is 0. The lowest BCUT2D eigenvalue weighted by Crippen LogP contribution is -2.23. The van der Waals surface area contributed by atoms with Gasteiger partial charge in [-0.3, -0.25) is 4.79 Å². The molecule has 0 saturated heterocycles. The molecule has 0 spiro atoms. The summed E-state index contributed by atoms with van der Waals surface area (Å²) in [7, 11) is 0. The fourth-order valence-electron chi connectivity index (χ4n) is 2.14. The predicted molar refractivity (Wildman–Crippen MR) is 80.1 cm³/mol. The number of thiazole rings is 1. The van der Waals surface area contributed by atoms with Crippen molar-refractivity contribution in [2.75, 3.05) is 0 Å². The molecule has 0 fully saturated rings. The molecule has 1 aromatic carbocycles. The van der Waals surface area contributed by atoms with Crippen LogP contribution in [0.25, 0.3) is 22.4 Å². The van der Waals surface area contributed by atoms with Gasteiger partial charge in [0.25, 0.3) is 5.56 Å². The zero-order chi connectivity index (χ0) is 14.2. The summed E-state index contributed by atoms with van der Waals surface area (Å²) in [6, 6.07) is 13.1. The first-order chi connectivity index (χ1) is 10.3. The van der Waals surface area contributed by atoms with Gasteiger partial charge in [-0.2, -0.15) is 0 Å². The molecule has 4 rings (SSSR count). The Bertz CT molecular complexity index is 1000. The summed E-state index contributed by atoms with van der Waals surface area (Å²) in [6.07, 6.45) is 3.29. The minimum atomic E-state index is -0.129. The third kappa shape index (κ3) is 1.96. The highest BCUT2D eigenvalue weighted by Crippen LogP contribution is 2.17. The van der Waals surface area contributed by atoms with Crippen LogP contribution >= 0.6 is 11.3 Å². The molecule has 0 bridgehead atoms. The van der Waals surface area contributed by atoms with E-state index in [0.29, 0.717) is 21.1 Å². The maximum absolute atomic E-state index is 12.5. The molecular formula is C15H9N3O2S. The molecule has 4 aromatic rings. The lowest BCUT2D eigenvalue weighted by Gasteiger charge is -1.94. The van der Waals surface area contributed by atoms with Crippen LogP contribution in [0.15, 0.2) is 57.9 Å². The molecule has 5 nitrogen and oxygen atoms in total. The second-order valence-corrected chi connectivity index (χ2v) is 5.45. The van der Waals surface area contributed by atoms with Gasteiger partial charge in [0.15, 0.2) is 5.82 Å². The number of nitrogens with zero attached hydrogens (tertiary/aromatic N) is 3. The van der Waals surface area contributed by atoms with Crippen LogP contribution in [-0.2, 0) is 0 Å². The van der Waals surface area contributed by atoms with Crippen LogP contribution in [0.3, 0.4) is 0 Å². The van der Waals surface area contributed by atoms with Gasteiger partial charge in [0, 0.05) is 11.6 Å². The predicted octanol–water partition coefficient (Wildman–Crippen LogP) is 1.96. The van der Waals surface area contributed by atoms with E-state index in [1.54, 1.807) is 24.5 Å². The van der Waals surface area contributed by atoms with Gasteiger partial charge < -0.3 is 4.42 Å². The third-order valence-corrected chi connectivity index (χ3v) is 4.06. The summed E-state index contributed by atoms with van der Waals surface area (Å²) in [4.78, 5) is 13.1. The average molecular weight is 295 g/mol. The molecule has 3 aromatic heterocycles. The van der Waals surface area contributed by atoms with Crippen LogP contribution in [0.4, 0.5) is 0 Å². The van der Waals surface area contributed by atoms with Gasteiger partial charge in [-0.05, 0) is 12.1 Å². The van der Waals surface area contributed by atoms with Crippen LogP contribution in [0.5, 0.6) is 0 Å². The highest BCUT2D eigenvalue weighted by Gasteiger charge is 2.13. The third-order valence-electron chi connectivity index (χ3n) is 3.10. The van der Waals surface area contributed by atoms with Crippen LogP contribution < -0.4 is 10.1 Å². The Morgan fingerprint density at radius 3 is 2.71 bits per heavy atom. The van der Waals surface area contributed by atoms with Gasteiger partial charge in [0.2, 0.25) is 4.96 Å². The summed E-state index contributed by atoms with van der Waals surface area (Å²) < 4.78 is 7.36. The molecule has 6 heteroatoms. The Balaban J connectivity index is 1.98. The molecule has 0 saturated carbocycles. The van der Waals surface area contributed by atoms with Gasteiger partial charge in [0.05, 0.1) is 6.26 Å². The van der Waals surface area contributed by atoms with Crippen molar-refractivity contribution < 1.29 is 4.42 Å².